The molecule has 1 radical (unpaired) electrons. The first-order valence-corrected chi connectivity index (χ1v) is 3.43. The van der Waals surface area contributed by atoms with E-state index in [1.165, 1.54) is 0 Å². The van der Waals surface area contributed by atoms with E-state index >= 15 is 0 Å². The van der Waals surface area contributed by atoms with Crippen LogP contribution in [0.25, 0.3) is 0 Å². The molecule has 0 fully saturated rings. The van der Waals surface area contributed by atoms with Crippen molar-refractivity contribution in [2.75, 3.05) is 13.7 Å². The lowest BCUT2D eigenvalue weighted by Crippen LogP contribution is -2.05. The van der Waals surface area contributed by atoms with Crippen molar-refractivity contribution in [3.8, 4) is 0 Å². The first-order chi connectivity index (χ1) is 5.34. The van der Waals surface area contributed by atoms with Crippen LogP contribution < -0.4 is 0 Å². The van der Waals surface area contributed by atoms with Crippen molar-refractivity contribution in [1.82, 2.24) is 0 Å². The van der Waals surface area contributed by atoms with Crippen molar-refractivity contribution in [1.29, 1.82) is 0 Å². The molecule has 0 aromatic heterocycles. The smallest absolute Gasteiger partial charge is 0.148 e. The molecule has 1 aromatic rings. The number of hydrogen-bond acceptors (Lipinski definition) is 2. The molecule has 2 heteroatoms. The Morgan fingerprint density at radius 3 is 2.55 bits per heavy atom. The Morgan fingerprint density at radius 1 is 1.36 bits per heavy atom. The number of methoxy groups -OCH3 is 1. The van der Waals surface area contributed by atoms with Gasteiger partial charge in [0.25, 0.3) is 0 Å². The zero-order valence-electron chi connectivity index (χ0n) is 6.45. The maximum atomic E-state index is 9.31. The molecule has 0 aliphatic carbocycles. The van der Waals surface area contributed by atoms with Gasteiger partial charge in [0.2, 0.25) is 0 Å². The first-order valence-electron chi connectivity index (χ1n) is 3.43. The third kappa shape index (κ3) is 2.33. The molecule has 0 unspecified atom stereocenters. The Kier molecular flexibility index (Phi) is 3.08. The van der Waals surface area contributed by atoms with E-state index in [4.69, 9.17) is 4.74 Å². The molecular formula is C9H11O2. The number of ether oxygens (including phenoxy) is 1. The average molecular weight is 151 g/mol. The van der Waals surface area contributed by atoms with Crippen molar-refractivity contribution < 1.29 is 9.84 Å². The summed E-state index contributed by atoms with van der Waals surface area (Å²) in [7, 11) is 1.55. The second kappa shape index (κ2) is 4.11. The summed E-state index contributed by atoms with van der Waals surface area (Å²) in [6.45, 7) is 0.268. The van der Waals surface area contributed by atoms with Crippen LogP contribution in [0.4, 0.5) is 0 Å². The third-order valence-electron chi connectivity index (χ3n) is 1.39. The van der Waals surface area contributed by atoms with E-state index in [0.717, 1.165) is 5.56 Å². The third-order valence-corrected chi connectivity index (χ3v) is 1.39. The van der Waals surface area contributed by atoms with Gasteiger partial charge >= 0.3 is 0 Å². The Morgan fingerprint density at radius 2 is 2.00 bits per heavy atom. The lowest BCUT2D eigenvalue weighted by Gasteiger charge is -2.06. The van der Waals surface area contributed by atoms with Gasteiger partial charge in [0.15, 0.2) is 0 Å². The average Bonchev–Trinajstić information content (AvgIpc) is 2.07. The van der Waals surface area contributed by atoms with E-state index in [-0.39, 0.29) is 12.7 Å². The van der Waals surface area contributed by atoms with Crippen LogP contribution in [0.3, 0.4) is 0 Å². The van der Waals surface area contributed by atoms with E-state index in [0.29, 0.717) is 0 Å². The fraction of sp³-hybridized carbons (Fsp3) is 0.222. The molecular weight excluding hydrogens is 140 g/mol. The van der Waals surface area contributed by atoms with E-state index in [9.17, 15) is 5.11 Å². The molecule has 2 nitrogen and oxygen atoms in total. The largest absolute Gasteiger partial charge is 0.381 e. The maximum absolute atomic E-state index is 9.31. The highest BCUT2D eigenvalue weighted by Crippen LogP contribution is 2.09. The summed E-state index contributed by atoms with van der Waals surface area (Å²) in [5, 5.41) is 9.31. The number of rotatable bonds is 3. The summed E-state index contributed by atoms with van der Waals surface area (Å²) in [5.41, 5.74) is 0.814. The molecule has 0 saturated heterocycles. The molecule has 0 atom stereocenters. The van der Waals surface area contributed by atoms with Gasteiger partial charge in [-0.1, -0.05) is 30.3 Å². The molecule has 0 saturated carbocycles. The highest BCUT2D eigenvalue weighted by Gasteiger charge is 2.05. The number of benzene rings is 1. The van der Waals surface area contributed by atoms with Crippen LogP contribution in [0.15, 0.2) is 30.3 Å². The van der Waals surface area contributed by atoms with Crippen LogP contribution in [-0.4, -0.2) is 18.8 Å². The fourth-order valence-electron chi connectivity index (χ4n) is 0.851. The van der Waals surface area contributed by atoms with Gasteiger partial charge < -0.3 is 9.84 Å². The molecule has 0 aliphatic rings. The van der Waals surface area contributed by atoms with E-state index in [1.54, 1.807) is 7.11 Å². The molecule has 1 rings (SSSR count). The van der Waals surface area contributed by atoms with Crippen LogP contribution in [0.5, 0.6) is 0 Å². The molecule has 0 amide bonds. The normalized spacial score (nSPS) is 10.5. The van der Waals surface area contributed by atoms with Crippen LogP contribution in [-0.2, 0) is 4.74 Å². The second-order valence-corrected chi connectivity index (χ2v) is 2.25. The highest BCUT2D eigenvalue weighted by atomic mass is 16.5. The van der Waals surface area contributed by atoms with Crippen molar-refractivity contribution in [3.63, 3.8) is 0 Å². The minimum Gasteiger partial charge on any atom is -0.381 e. The number of hydrogen-bond donors (Lipinski definition) is 1. The van der Waals surface area contributed by atoms with Gasteiger partial charge in [0.1, 0.15) is 6.10 Å². The Labute approximate surface area is 66.4 Å². The van der Waals surface area contributed by atoms with Gasteiger partial charge in [0.05, 0.1) is 6.61 Å². The van der Waals surface area contributed by atoms with Gasteiger partial charge in [-0.25, -0.2) is 0 Å². The standard InChI is InChI=1S/C9H11O2/c1-11-7-9(10)8-5-3-2-4-6-8/h2-6,10H,7H2,1H3. The predicted molar refractivity (Wildman–Crippen MR) is 42.6 cm³/mol. The summed E-state index contributed by atoms with van der Waals surface area (Å²) in [4.78, 5) is 0. The van der Waals surface area contributed by atoms with Crippen LogP contribution in [0, 0.1) is 6.10 Å². The van der Waals surface area contributed by atoms with E-state index < -0.39 is 0 Å². The van der Waals surface area contributed by atoms with Crippen LogP contribution in [0.2, 0.25) is 0 Å². The van der Waals surface area contributed by atoms with Crippen molar-refractivity contribution in [3.05, 3.63) is 42.0 Å². The molecule has 0 heterocycles. The maximum Gasteiger partial charge on any atom is 0.148 e. The van der Waals surface area contributed by atoms with Crippen LogP contribution in [0.1, 0.15) is 5.56 Å². The molecule has 1 N–H and O–H groups in total. The van der Waals surface area contributed by atoms with Crippen molar-refractivity contribution in [2.45, 2.75) is 0 Å². The first kappa shape index (κ1) is 8.24. The van der Waals surface area contributed by atoms with Gasteiger partial charge in [0, 0.05) is 7.11 Å². The Balaban J connectivity index is 2.61. The fourth-order valence-corrected chi connectivity index (χ4v) is 0.851. The number of aliphatic hydroxyl groups excluding tert-OH is 1. The topological polar surface area (TPSA) is 29.5 Å². The van der Waals surface area contributed by atoms with Gasteiger partial charge in [-0.2, -0.15) is 0 Å². The lowest BCUT2D eigenvalue weighted by molar-refractivity contribution is 0.150. The summed E-state index contributed by atoms with van der Waals surface area (Å²) < 4.78 is 4.77. The Bertz CT molecular complexity index is 196. The monoisotopic (exact) mass is 151 g/mol. The highest BCUT2D eigenvalue weighted by molar-refractivity contribution is 5.26. The molecule has 0 spiro atoms. The minimum absolute atomic E-state index is 0.268. The molecule has 0 bridgehead atoms. The molecule has 0 aliphatic heterocycles. The van der Waals surface area contributed by atoms with Crippen LogP contribution >= 0.6 is 0 Å². The van der Waals surface area contributed by atoms with Gasteiger partial charge in [-0.15, -0.1) is 0 Å². The summed E-state index contributed by atoms with van der Waals surface area (Å²) in [6, 6.07) is 9.34. The summed E-state index contributed by atoms with van der Waals surface area (Å²) >= 11 is 0. The van der Waals surface area contributed by atoms with Gasteiger partial charge in [-0.05, 0) is 5.56 Å². The van der Waals surface area contributed by atoms with E-state index in [2.05, 4.69) is 0 Å². The zero-order valence-corrected chi connectivity index (χ0v) is 6.45. The molecule has 59 valence electrons. The molecule has 11 heavy (non-hydrogen) atoms. The SMILES string of the molecule is COC[C](O)c1ccccc1. The quantitative estimate of drug-likeness (QED) is 0.710. The van der Waals surface area contributed by atoms with Crippen molar-refractivity contribution >= 4 is 0 Å². The lowest BCUT2D eigenvalue weighted by atomic mass is 10.1. The van der Waals surface area contributed by atoms with E-state index in [1.807, 2.05) is 30.3 Å². The predicted octanol–water partition coefficient (Wildman–Crippen LogP) is 1.59. The zero-order chi connectivity index (χ0) is 8.10. The second-order valence-electron chi connectivity index (χ2n) is 2.25. The summed E-state index contributed by atoms with van der Waals surface area (Å²) in [6.07, 6.45) is 0.271. The van der Waals surface area contributed by atoms with Crippen molar-refractivity contribution in [2.24, 2.45) is 0 Å². The summed E-state index contributed by atoms with van der Waals surface area (Å²) in [5.74, 6) is 0. The molecule has 1 aromatic carbocycles. The Hall–Kier alpha value is -0.860. The number of aliphatic hydroxyl groups is 1. The minimum atomic E-state index is 0.268. The van der Waals surface area contributed by atoms with Gasteiger partial charge in [-0.3, -0.25) is 0 Å².